The van der Waals surface area contributed by atoms with E-state index in [4.69, 9.17) is 9.47 Å². The van der Waals surface area contributed by atoms with E-state index in [2.05, 4.69) is 25.5 Å². The Bertz CT molecular complexity index is 1490. The standard InChI is InChI=1S/C27H23BrN2O4/c1-16(2)34-22-12-20-24-23(25(22)33-10-9-31)19-11-18(28)6-7-21(19)30(24)15-27(3,26(20)32)13-17-5-4-8-29-14-17/h4-8,10-12,14,16H,13,15H2,1-3H3. The van der Waals surface area contributed by atoms with Gasteiger partial charge in [-0.25, -0.2) is 4.79 Å². The predicted octanol–water partition coefficient (Wildman–Crippen LogP) is 5.91. The summed E-state index contributed by atoms with van der Waals surface area (Å²) in [4.78, 5) is 29.3. The van der Waals surface area contributed by atoms with Gasteiger partial charge in [0.05, 0.1) is 22.4 Å². The molecule has 0 amide bonds. The van der Waals surface area contributed by atoms with Crippen LogP contribution in [-0.2, 0) is 17.8 Å². The third kappa shape index (κ3) is 3.61. The lowest BCUT2D eigenvalue weighted by Gasteiger charge is -2.34. The van der Waals surface area contributed by atoms with E-state index in [0.29, 0.717) is 30.0 Å². The highest BCUT2D eigenvalue weighted by atomic mass is 79.9. The first kappa shape index (κ1) is 22.4. The number of halogens is 1. The van der Waals surface area contributed by atoms with Gasteiger partial charge in [-0.2, -0.15) is 0 Å². The lowest BCUT2D eigenvalue weighted by molar-refractivity contribution is 0.0778. The van der Waals surface area contributed by atoms with Crippen molar-refractivity contribution in [3.63, 3.8) is 0 Å². The topological polar surface area (TPSA) is 70.4 Å². The summed E-state index contributed by atoms with van der Waals surface area (Å²) < 4.78 is 14.9. The van der Waals surface area contributed by atoms with E-state index < -0.39 is 5.41 Å². The number of Topliss-reactive ketones (excluding diaryl/α,β-unsaturated/α-hetero) is 1. The number of fused-ring (bicyclic) bond motifs is 3. The molecular weight excluding hydrogens is 496 g/mol. The number of hydrogen-bond donors (Lipinski definition) is 0. The third-order valence-electron chi connectivity index (χ3n) is 6.21. The van der Waals surface area contributed by atoms with Crippen LogP contribution in [0.15, 0.2) is 59.5 Å². The Kier molecular flexibility index (Phi) is 5.54. The monoisotopic (exact) mass is 518 g/mol. The zero-order valence-electron chi connectivity index (χ0n) is 19.1. The largest absolute Gasteiger partial charge is 0.487 e. The summed E-state index contributed by atoms with van der Waals surface area (Å²) in [7, 11) is 0. The first-order chi connectivity index (χ1) is 16.3. The number of ketones is 1. The Labute approximate surface area is 205 Å². The summed E-state index contributed by atoms with van der Waals surface area (Å²) in [5, 5.41) is 1.65. The maximum absolute atomic E-state index is 14.0. The zero-order chi connectivity index (χ0) is 24.0. The summed E-state index contributed by atoms with van der Waals surface area (Å²) in [6.45, 7) is 6.32. The fourth-order valence-corrected chi connectivity index (χ4v) is 5.30. The second-order valence-electron chi connectivity index (χ2n) is 9.17. The average Bonchev–Trinajstić information content (AvgIpc) is 3.10. The summed E-state index contributed by atoms with van der Waals surface area (Å²) in [5.74, 6) is 2.54. The van der Waals surface area contributed by atoms with Gasteiger partial charge in [-0.05, 0) is 56.2 Å². The normalized spacial score (nSPS) is 17.3. The van der Waals surface area contributed by atoms with Gasteiger partial charge in [0, 0.05) is 39.9 Å². The molecule has 7 heteroatoms. The van der Waals surface area contributed by atoms with E-state index in [1.165, 1.54) is 0 Å². The van der Waals surface area contributed by atoms with Crippen LogP contribution < -0.4 is 9.47 Å². The molecule has 3 heterocycles. The molecule has 34 heavy (non-hydrogen) atoms. The molecule has 0 aliphatic carbocycles. The van der Waals surface area contributed by atoms with Crippen molar-refractivity contribution in [2.24, 2.45) is 5.41 Å². The predicted molar refractivity (Wildman–Crippen MR) is 134 cm³/mol. The van der Waals surface area contributed by atoms with Crippen LogP contribution in [0.4, 0.5) is 0 Å². The molecule has 0 N–H and O–H groups in total. The minimum absolute atomic E-state index is 0.0433. The molecule has 5 rings (SSSR count). The molecule has 0 spiro atoms. The van der Waals surface area contributed by atoms with Gasteiger partial charge in [-0.15, -0.1) is 0 Å². The Morgan fingerprint density at radius 3 is 2.82 bits per heavy atom. The highest BCUT2D eigenvalue weighted by Crippen LogP contribution is 2.49. The highest BCUT2D eigenvalue weighted by Gasteiger charge is 2.42. The molecule has 0 saturated heterocycles. The molecule has 1 unspecified atom stereocenters. The summed E-state index contributed by atoms with van der Waals surface area (Å²) in [6, 6.07) is 11.7. The SMILES string of the molecule is CC(C)Oc1cc2c3c(c1OC=C=O)c1cc(Br)ccc1n3CC(C)(Cc1cccnc1)C2=O. The van der Waals surface area contributed by atoms with Crippen molar-refractivity contribution in [3.8, 4) is 11.5 Å². The Morgan fingerprint density at radius 2 is 2.12 bits per heavy atom. The van der Waals surface area contributed by atoms with Crippen molar-refractivity contribution in [1.82, 2.24) is 9.55 Å². The molecular formula is C27H23BrN2O4. The quantitative estimate of drug-likeness (QED) is 0.234. The third-order valence-corrected chi connectivity index (χ3v) is 6.70. The number of pyridine rings is 1. The molecule has 4 aromatic rings. The lowest BCUT2D eigenvalue weighted by atomic mass is 9.75. The lowest BCUT2D eigenvalue weighted by Crippen LogP contribution is -2.38. The number of hydrogen-bond acceptors (Lipinski definition) is 5. The van der Waals surface area contributed by atoms with Gasteiger partial charge in [0.15, 0.2) is 29.5 Å². The molecule has 2 aromatic carbocycles. The average molecular weight is 519 g/mol. The van der Waals surface area contributed by atoms with Crippen LogP contribution in [0.3, 0.4) is 0 Å². The molecule has 1 atom stereocenters. The maximum atomic E-state index is 14.0. The number of benzene rings is 2. The second kappa shape index (κ2) is 8.42. The number of nitrogens with zero attached hydrogens (tertiary/aromatic N) is 2. The van der Waals surface area contributed by atoms with Gasteiger partial charge < -0.3 is 14.0 Å². The molecule has 0 bridgehead atoms. The molecule has 172 valence electrons. The molecule has 0 radical (unpaired) electrons. The van der Waals surface area contributed by atoms with Crippen molar-refractivity contribution in [1.29, 1.82) is 0 Å². The smallest absolute Gasteiger partial charge is 0.179 e. The van der Waals surface area contributed by atoms with E-state index in [9.17, 15) is 9.59 Å². The van der Waals surface area contributed by atoms with E-state index in [1.807, 2.05) is 57.3 Å². The van der Waals surface area contributed by atoms with Crippen LogP contribution in [0, 0.1) is 5.41 Å². The van der Waals surface area contributed by atoms with Crippen molar-refractivity contribution >= 4 is 49.5 Å². The van der Waals surface area contributed by atoms with E-state index in [0.717, 1.165) is 38.1 Å². The van der Waals surface area contributed by atoms with Crippen LogP contribution in [0.25, 0.3) is 21.8 Å². The van der Waals surface area contributed by atoms with Crippen LogP contribution in [-0.4, -0.2) is 27.4 Å². The summed E-state index contributed by atoms with van der Waals surface area (Å²) in [5.41, 5.74) is 2.67. The molecule has 0 saturated carbocycles. The van der Waals surface area contributed by atoms with E-state index in [-0.39, 0.29) is 11.9 Å². The summed E-state index contributed by atoms with van der Waals surface area (Å²) >= 11 is 3.57. The fourth-order valence-electron chi connectivity index (χ4n) is 4.94. The van der Waals surface area contributed by atoms with Crippen molar-refractivity contribution < 1.29 is 19.1 Å². The van der Waals surface area contributed by atoms with Gasteiger partial charge >= 0.3 is 0 Å². The first-order valence-electron chi connectivity index (χ1n) is 11.1. The second-order valence-corrected chi connectivity index (χ2v) is 10.1. The number of ether oxygens (including phenoxy) is 2. The minimum atomic E-state index is -0.678. The molecule has 0 fully saturated rings. The molecule has 6 nitrogen and oxygen atoms in total. The summed E-state index contributed by atoms with van der Waals surface area (Å²) in [6.07, 6.45) is 4.92. The Morgan fingerprint density at radius 1 is 1.29 bits per heavy atom. The fraction of sp³-hybridized carbons (Fsp3) is 0.259. The maximum Gasteiger partial charge on any atom is 0.179 e. The van der Waals surface area contributed by atoms with Crippen LogP contribution >= 0.6 is 15.9 Å². The Balaban J connectivity index is 1.83. The number of carbonyl (C=O) groups excluding carboxylic acids is 2. The minimum Gasteiger partial charge on any atom is -0.487 e. The van der Waals surface area contributed by atoms with Gasteiger partial charge in [0.2, 0.25) is 0 Å². The van der Waals surface area contributed by atoms with Crippen molar-refractivity contribution in [3.05, 3.63) is 70.7 Å². The highest BCUT2D eigenvalue weighted by molar-refractivity contribution is 9.10. The van der Waals surface area contributed by atoms with Crippen LogP contribution in [0.1, 0.15) is 36.7 Å². The van der Waals surface area contributed by atoms with E-state index >= 15 is 0 Å². The van der Waals surface area contributed by atoms with Gasteiger partial charge in [0.1, 0.15) is 0 Å². The van der Waals surface area contributed by atoms with E-state index in [1.54, 1.807) is 18.2 Å². The number of rotatable bonds is 6. The molecule has 2 aromatic heterocycles. The van der Waals surface area contributed by atoms with Crippen LogP contribution in [0.5, 0.6) is 11.5 Å². The van der Waals surface area contributed by atoms with Gasteiger partial charge in [-0.1, -0.05) is 28.9 Å². The zero-order valence-corrected chi connectivity index (χ0v) is 20.7. The first-order valence-corrected chi connectivity index (χ1v) is 11.9. The number of aromatic nitrogens is 2. The van der Waals surface area contributed by atoms with Gasteiger partial charge in [0.25, 0.3) is 0 Å². The van der Waals surface area contributed by atoms with Crippen LogP contribution in [0.2, 0.25) is 0 Å². The Hall–Kier alpha value is -3.41. The molecule has 1 aliphatic rings. The van der Waals surface area contributed by atoms with Crippen molar-refractivity contribution in [2.75, 3.05) is 0 Å². The number of carbonyl (C=O) groups is 1. The van der Waals surface area contributed by atoms with Crippen molar-refractivity contribution in [2.45, 2.75) is 39.8 Å². The molecule has 1 aliphatic heterocycles. The van der Waals surface area contributed by atoms with Gasteiger partial charge in [-0.3, -0.25) is 9.78 Å².